The van der Waals surface area contributed by atoms with Crippen LogP contribution in [0.5, 0.6) is 0 Å². The Bertz CT molecular complexity index is 1100. The Hall–Kier alpha value is -3.19. The summed E-state index contributed by atoms with van der Waals surface area (Å²) in [7, 11) is 0. The van der Waals surface area contributed by atoms with Crippen LogP contribution in [0, 0.1) is 0 Å². The van der Waals surface area contributed by atoms with Gasteiger partial charge in [-0.25, -0.2) is 4.98 Å². The molecule has 0 N–H and O–H groups in total. The number of halogens is 12. The van der Waals surface area contributed by atoms with Crippen molar-refractivity contribution in [3.63, 3.8) is 0 Å². The molecule has 0 saturated heterocycles. The third kappa shape index (κ3) is 6.39. The van der Waals surface area contributed by atoms with Gasteiger partial charge in [0, 0.05) is 17.7 Å². The van der Waals surface area contributed by atoms with E-state index in [2.05, 4.69) is 4.98 Å². The molecule has 0 unspecified atom stereocenters. The lowest BCUT2D eigenvalue weighted by molar-refractivity contribution is -0.144. The number of aromatic nitrogens is 2. The molecule has 0 bridgehead atoms. The molecule has 0 amide bonds. The van der Waals surface area contributed by atoms with Crippen LogP contribution < -0.4 is 0 Å². The molecule has 0 atom stereocenters. The highest BCUT2D eigenvalue weighted by Crippen LogP contribution is 2.41. The minimum absolute atomic E-state index is 0.0976. The van der Waals surface area contributed by atoms with Crippen molar-refractivity contribution in [1.82, 2.24) is 9.55 Å². The fraction of sp³-hybridized carbons (Fsp3) is 0.348. The fourth-order valence-corrected chi connectivity index (χ4v) is 3.57. The highest BCUT2D eigenvalue weighted by molar-refractivity contribution is 5.68. The zero-order chi connectivity index (χ0) is 28.0. The summed E-state index contributed by atoms with van der Waals surface area (Å²) in [5, 5.41) is 0. The molecule has 2 aromatic carbocycles. The molecule has 3 rings (SSSR count). The Balaban J connectivity index is 2.31. The van der Waals surface area contributed by atoms with Crippen molar-refractivity contribution in [3.8, 4) is 22.6 Å². The van der Waals surface area contributed by atoms with E-state index < -0.39 is 63.9 Å². The Labute approximate surface area is 201 Å². The monoisotopic (exact) mass is 548 g/mol. The van der Waals surface area contributed by atoms with E-state index in [-0.39, 0.29) is 30.8 Å². The molecule has 2 nitrogen and oxygen atoms in total. The van der Waals surface area contributed by atoms with Gasteiger partial charge in [0.15, 0.2) is 0 Å². The SMILES string of the molecule is CCCCn1c(-c2cc(C(F)(F)F)cc(C(F)(F)F)c2)cnc1-c1cc(C(F)(F)F)cc(C(F)(F)F)c1. The molecular weight excluding hydrogens is 532 g/mol. The topological polar surface area (TPSA) is 17.8 Å². The molecule has 0 aliphatic carbocycles. The number of benzene rings is 2. The van der Waals surface area contributed by atoms with Crippen molar-refractivity contribution in [2.75, 3.05) is 0 Å². The molecule has 0 aliphatic rings. The first-order chi connectivity index (χ1) is 16.8. The van der Waals surface area contributed by atoms with Crippen LogP contribution in [0.15, 0.2) is 42.6 Å². The first-order valence-electron chi connectivity index (χ1n) is 10.5. The molecule has 3 aromatic rings. The van der Waals surface area contributed by atoms with Gasteiger partial charge in [-0.15, -0.1) is 0 Å². The Morgan fingerprint density at radius 2 is 0.973 bits per heavy atom. The van der Waals surface area contributed by atoms with Gasteiger partial charge in [0.05, 0.1) is 34.1 Å². The molecule has 1 aromatic heterocycles. The first kappa shape index (κ1) is 28.4. The molecule has 0 saturated carbocycles. The maximum absolute atomic E-state index is 13.3. The number of alkyl halides is 12. The predicted molar refractivity (Wildman–Crippen MR) is 108 cm³/mol. The quantitative estimate of drug-likeness (QED) is 0.291. The van der Waals surface area contributed by atoms with E-state index in [1.165, 1.54) is 0 Å². The summed E-state index contributed by atoms with van der Waals surface area (Å²) in [6.45, 7) is 1.52. The van der Waals surface area contributed by atoms with E-state index >= 15 is 0 Å². The van der Waals surface area contributed by atoms with Gasteiger partial charge in [0.2, 0.25) is 0 Å². The molecule has 0 spiro atoms. The van der Waals surface area contributed by atoms with Gasteiger partial charge in [0.1, 0.15) is 5.82 Å². The van der Waals surface area contributed by atoms with Crippen molar-refractivity contribution >= 4 is 0 Å². The summed E-state index contributed by atoms with van der Waals surface area (Å²) in [5.74, 6) is -0.481. The lowest BCUT2D eigenvalue weighted by Crippen LogP contribution is -2.13. The molecule has 0 radical (unpaired) electrons. The zero-order valence-corrected chi connectivity index (χ0v) is 18.6. The van der Waals surface area contributed by atoms with Gasteiger partial charge in [-0.2, -0.15) is 52.7 Å². The molecule has 202 valence electrons. The third-order valence-electron chi connectivity index (χ3n) is 5.32. The Morgan fingerprint density at radius 1 is 0.595 bits per heavy atom. The van der Waals surface area contributed by atoms with Gasteiger partial charge >= 0.3 is 24.7 Å². The van der Waals surface area contributed by atoms with Crippen LogP contribution in [-0.4, -0.2) is 9.55 Å². The summed E-state index contributed by atoms with van der Waals surface area (Å²) >= 11 is 0. The second-order valence-electron chi connectivity index (χ2n) is 8.06. The van der Waals surface area contributed by atoms with Gasteiger partial charge < -0.3 is 4.57 Å². The number of rotatable bonds is 5. The second kappa shape index (κ2) is 9.60. The molecule has 0 aliphatic heterocycles. The van der Waals surface area contributed by atoms with Crippen molar-refractivity contribution < 1.29 is 52.7 Å². The standard InChI is InChI=1S/C23H16F12N2/c1-2-3-4-37-18(12-5-14(20(24,25)26)9-15(6-12)21(27,28)29)11-36-19(37)13-7-16(22(30,31)32)10-17(8-13)23(33,34)35/h5-11H,2-4H2,1H3. The van der Waals surface area contributed by atoms with Crippen molar-refractivity contribution in [3.05, 3.63) is 64.8 Å². The van der Waals surface area contributed by atoms with Gasteiger partial charge in [-0.3, -0.25) is 0 Å². The van der Waals surface area contributed by atoms with Gasteiger partial charge in [0.25, 0.3) is 0 Å². The van der Waals surface area contributed by atoms with E-state index in [9.17, 15) is 52.7 Å². The summed E-state index contributed by atoms with van der Waals surface area (Å²) in [5.41, 5.74) is -8.19. The number of hydrogen-bond donors (Lipinski definition) is 0. The third-order valence-corrected chi connectivity index (χ3v) is 5.32. The predicted octanol–water partition coefficient (Wildman–Crippen LogP) is 9.09. The van der Waals surface area contributed by atoms with Crippen LogP contribution >= 0.6 is 0 Å². The smallest absolute Gasteiger partial charge is 0.324 e. The zero-order valence-electron chi connectivity index (χ0n) is 18.6. The summed E-state index contributed by atoms with van der Waals surface area (Å²) in [6, 6.07) is 1.39. The number of imidazole rings is 1. The highest BCUT2D eigenvalue weighted by atomic mass is 19.4. The molecule has 0 fully saturated rings. The second-order valence-corrected chi connectivity index (χ2v) is 8.06. The molecule has 37 heavy (non-hydrogen) atoms. The van der Waals surface area contributed by atoms with E-state index in [0.29, 0.717) is 30.7 Å². The molecular formula is C23H16F12N2. The van der Waals surface area contributed by atoms with Crippen LogP contribution in [0.1, 0.15) is 42.0 Å². The maximum Gasteiger partial charge on any atom is 0.416 e. The average Bonchev–Trinajstić information content (AvgIpc) is 3.18. The largest absolute Gasteiger partial charge is 0.416 e. The molecule has 1 heterocycles. The minimum atomic E-state index is -5.18. The normalized spacial score (nSPS) is 13.3. The Kier molecular flexibility index (Phi) is 7.36. The van der Waals surface area contributed by atoms with Crippen LogP contribution in [0.3, 0.4) is 0 Å². The number of nitrogens with zero attached hydrogens (tertiary/aromatic N) is 2. The summed E-state index contributed by atoms with van der Waals surface area (Å²) < 4.78 is 161. The van der Waals surface area contributed by atoms with Crippen molar-refractivity contribution in [1.29, 1.82) is 0 Å². The van der Waals surface area contributed by atoms with Gasteiger partial charge in [-0.05, 0) is 42.8 Å². The lowest BCUT2D eigenvalue weighted by atomic mass is 10.0. The number of unbranched alkanes of at least 4 members (excludes halogenated alkanes) is 1. The maximum atomic E-state index is 13.3. The van der Waals surface area contributed by atoms with Crippen LogP contribution in [-0.2, 0) is 31.2 Å². The van der Waals surface area contributed by atoms with E-state index in [4.69, 9.17) is 0 Å². The lowest BCUT2D eigenvalue weighted by Gasteiger charge is -2.17. The Morgan fingerprint density at radius 3 is 1.32 bits per heavy atom. The van der Waals surface area contributed by atoms with Crippen molar-refractivity contribution in [2.24, 2.45) is 0 Å². The van der Waals surface area contributed by atoms with E-state index in [0.717, 1.165) is 10.8 Å². The first-order valence-corrected chi connectivity index (χ1v) is 10.5. The van der Waals surface area contributed by atoms with Gasteiger partial charge in [-0.1, -0.05) is 13.3 Å². The summed E-state index contributed by atoms with van der Waals surface area (Å²) in [4.78, 5) is 3.81. The van der Waals surface area contributed by atoms with Crippen LogP contribution in [0.2, 0.25) is 0 Å². The van der Waals surface area contributed by atoms with Crippen LogP contribution in [0.4, 0.5) is 52.7 Å². The highest BCUT2D eigenvalue weighted by Gasteiger charge is 2.39. The van der Waals surface area contributed by atoms with Crippen molar-refractivity contribution in [2.45, 2.75) is 51.0 Å². The van der Waals surface area contributed by atoms with Crippen LogP contribution in [0.25, 0.3) is 22.6 Å². The van der Waals surface area contributed by atoms with E-state index in [1.54, 1.807) is 6.92 Å². The average molecular weight is 548 g/mol. The molecule has 14 heteroatoms. The summed E-state index contributed by atoms with van der Waals surface area (Å²) in [6.07, 6.45) is -19.2. The fourth-order valence-electron chi connectivity index (χ4n) is 3.57. The van der Waals surface area contributed by atoms with E-state index in [1.807, 2.05) is 0 Å². The minimum Gasteiger partial charge on any atom is -0.324 e. The number of hydrogen-bond acceptors (Lipinski definition) is 1.